The molecular formula is C12H10F4O4. The van der Waals surface area contributed by atoms with Crippen LogP contribution in [0.4, 0.5) is 17.6 Å². The summed E-state index contributed by atoms with van der Waals surface area (Å²) in [5.41, 5.74) is -1.28. The molecule has 4 nitrogen and oxygen atoms in total. The lowest BCUT2D eigenvalue weighted by molar-refractivity contribution is -0.275. The SMILES string of the molecule is COc1c(C2(C(=O)O)CC2)ccc(OC(F)(F)F)c1F. The van der Waals surface area contributed by atoms with E-state index in [4.69, 9.17) is 9.84 Å². The number of hydrogen-bond donors (Lipinski definition) is 1. The van der Waals surface area contributed by atoms with Gasteiger partial charge in [0.05, 0.1) is 12.5 Å². The molecule has 0 heterocycles. The van der Waals surface area contributed by atoms with E-state index in [1.165, 1.54) is 0 Å². The Balaban J connectivity index is 2.48. The molecule has 0 aliphatic heterocycles. The third-order valence-electron chi connectivity index (χ3n) is 3.17. The van der Waals surface area contributed by atoms with E-state index in [2.05, 4.69) is 4.74 Å². The van der Waals surface area contributed by atoms with Crippen molar-refractivity contribution >= 4 is 5.97 Å². The molecule has 0 aromatic heterocycles. The van der Waals surface area contributed by atoms with E-state index >= 15 is 0 Å². The lowest BCUT2D eigenvalue weighted by Crippen LogP contribution is -2.22. The number of halogens is 4. The fourth-order valence-corrected chi connectivity index (χ4v) is 2.04. The van der Waals surface area contributed by atoms with Crippen LogP contribution >= 0.6 is 0 Å². The van der Waals surface area contributed by atoms with Crippen LogP contribution in [0, 0.1) is 5.82 Å². The predicted molar refractivity (Wildman–Crippen MR) is 58.2 cm³/mol. The molecule has 0 saturated heterocycles. The van der Waals surface area contributed by atoms with Crippen LogP contribution in [-0.4, -0.2) is 24.5 Å². The van der Waals surface area contributed by atoms with Crippen molar-refractivity contribution in [2.45, 2.75) is 24.6 Å². The fraction of sp³-hybridized carbons (Fsp3) is 0.417. The fourth-order valence-electron chi connectivity index (χ4n) is 2.04. The van der Waals surface area contributed by atoms with Crippen molar-refractivity contribution in [1.29, 1.82) is 0 Å². The van der Waals surface area contributed by atoms with Gasteiger partial charge in [-0.2, -0.15) is 4.39 Å². The Morgan fingerprint density at radius 3 is 2.35 bits per heavy atom. The number of hydrogen-bond acceptors (Lipinski definition) is 3. The van der Waals surface area contributed by atoms with Crippen molar-refractivity contribution in [2.24, 2.45) is 0 Å². The zero-order valence-electron chi connectivity index (χ0n) is 10.3. The summed E-state index contributed by atoms with van der Waals surface area (Å²) < 4.78 is 58.5. The molecule has 0 radical (unpaired) electrons. The third kappa shape index (κ3) is 2.37. The van der Waals surface area contributed by atoms with Gasteiger partial charge in [-0.25, -0.2) is 0 Å². The van der Waals surface area contributed by atoms with Gasteiger partial charge in [0.2, 0.25) is 5.82 Å². The van der Waals surface area contributed by atoms with Gasteiger partial charge in [-0.15, -0.1) is 13.2 Å². The second-order valence-corrected chi connectivity index (χ2v) is 4.39. The summed E-state index contributed by atoms with van der Waals surface area (Å²) in [6.07, 6.45) is -4.49. The number of ether oxygens (including phenoxy) is 2. The molecule has 0 bridgehead atoms. The van der Waals surface area contributed by atoms with Crippen molar-refractivity contribution in [3.63, 3.8) is 0 Å². The molecule has 20 heavy (non-hydrogen) atoms. The van der Waals surface area contributed by atoms with Crippen LogP contribution < -0.4 is 9.47 Å². The summed E-state index contributed by atoms with van der Waals surface area (Å²) in [6.45, 7) is 0. The first-order chi connectivity index (χ1) is 9.21. The van der Waals surface area contributed by atoms with Crippen molar-refractivity contribution in [2.75, 3.05) is 7.11 Å². The summed E-state index contributed by atoms with van der Waals surface area (Å²) in [6, 6.07) is 1.84. The quantitative estimate of drug-likeness (QED) is 0.868. The van der Waals surface area contributed by atoms with Gasteiger partial charge in [0.15, 0.2) is 11.5 Å². The summed E-state index contributed by atoms with van der Waals surface area (Å²) in [5, 5.41) is 9.13. The number of methoxy groups -OCH3 is 1. The maximum atomic E-state index is 13.9. The number of alkyl halides is 3. The van der Waals surface area contributed by atoms with E-state index in [0.29, 0.717) is 0 Å². The highest BCUT2D eigenvalue weighted by Gasteiger charge is 2.54. The van der Waals surface area contributed by atoms with Crippen LogP contribution in [0.25, 0.3) is 0 Å². The maximum Gasteiger partial charge on any atom is 0.573 e. The Kier molecular flexibility index (Phi) is 3.27. The number of carboxylic acid groups (broad SMARTS) is 1. The minimum absolute atomic E-state index is 0.0134. The van der Waals surface area contributed by atoms with Crippen LogP contribution in [0.5, 0.6) is 11.5 Å². The highest BCUT2D eigenvalue weighted by molar-refractivity contribution is 5.86. The highest BCUT2D eigenvalue weighted by atomic mass is 19.4. The molecule has 0 amide bonds. The average molecular weight is 294 g/mol. The first-order valence-corrected chi connectivity index (χ1v) is 5.57. The number of benzene rings is 1. The Bertz CT molecular complexity index is 549. The molecule has 1 fully saturated rings. The first kappa shape index (κ1) is 14.4. The monoisotopic (exact) mass is 294 g/mol. The van der Waals surface area contributed by atoms with Gasteiger partial charge in [-0.3, -0.25) is 4.79 Å². The summed E-state index contributed by atoms with van der Waals surface area (Å²) in [4.78, 5) is 11.2. The Morgan fingerprint density at radius 1 is 1.35 bits per heavy atom. The van der Waals surface area contributed by atoms with Gasteiger partial charge in [0.25, 0.3) is 0 Å². The molecule has 0 atom stereocenters. The van der Waals surface area contributed by atoms with Crippen molar-refractivity contribution in [3.8, 4) is 11.5 Å². The molecule has 1 aliphatic rings. The predicted octanol–water partition coefficient (Wildman–Crippen LogP) is 2.85. The van der Waals surface area contributed by atoms with Gasteiger partial charge < -0.3 is 14.6 Å². The standard InChI is InChI=1S/C12H10F4O4/c1-19-9-6(11(4-5-11)10(17)18)2-3-7(8(9)13)20-12(14,15)16/h2-3H,4-5H2,1H3,(H,17,18). The van der Waals surface area contributed by atoms with Gasteiger partial charge >= 0.3 is 12.3 Å². The second kappa shape index (κ2) is 4.53. The summed E-state index contributed by atoms with van der Waals surface area (Å²) >= 11 is 0. The molecular weight excluding hydrogens is 284 g/mol. The number of rotatable bonds is 4. The maximum absolute atomic E-state index is 13.9. The van der Waals surface area contributed by atoms with Gasteiger partial charge in [-0.1, -0.05) is 6.07 Å². The van der Waals surface area contributed by atoms with E-state index in [-0.39, 0.29) is 18.4 Å². The molecule has 8 heteroatoms. The Morgan fingerprint density at radius 2 is 1.95 bits per heavy atom. The summed E-state index contributed by atoms with van der Waals surface area (Å²) in [7, 11) is 1.05. The molecule has 1 N–H and O–H groups in total. The largest absolute Gasteiger partial charge is 0.573 e. The molecule has 110 valence electrons. The number of carbonyl (C=O) groups is 1. The molecule has 1 aliphatic carbocycles. The molecule has 2 rings (SSSR count). The van der Waals surface area contributed by atoms with E-state index < -0.39 is 35.1 Å². The smallest absolute Gasteiger partial charge is 0.493 e. The topological polar surface area (TPSA) is 55.8 Å². The molecule has 1 aromatic carbocycles. The minimum atomic E-state index is -5.04. The van der Waals surface area contributed by atoms with E-state index in [9.17, 15) is 22.4 Å². The average Bonchev–Trinajstić information content (AvgIpc) is 3.11. The molecule has 1 aromatic rings. The third-order valence-corrected chi connectivity index (χ3v) is 3.17. The Labute approximate surface area is 110 Å². The summed E-state index contributed by atoms with van der Waals surface area (Å²) in [5.74, 6) is -4.12. The zero-order valence-corrected chi connectivity index (χ0v) is 10.3. The van der Waals surface area contributed by atoms with Crippen LogP contribution in [0.15, 0.2) is 12.1 Å². The molecule has 1 saturated carbocycles. The highest BCUT2D eigenvalue weighted by Crippen LogP contribution is 2.53. The lowest BCUT2D eigenvalue weighted by Gasteiger charge is -2.18. The van der Waals surface area contributed by atoms with Crippen LogP contribution in [0.3, 0.4) is 0 Å². The number of aliphatic carboxylic acids is 1. The van der Waals surface area contributed by atoms with Crippen molar-refractivity contribution < 1.29 is 36.9 Å². The van der Waals surface area contributed by atoms with Crippen LogP contribution in [-0.2, 0) is 10.2 Å². The normalized spacial score (nSPS) is 16.6. The van der Waals surface area contributed by atoms with Crippen LogP contribution in [0.1, 0.15) is 18.4 Å². The minimum Gasteiger partial charge on any atom is -0.493 e. The van der Waals surface area contributed by atoms with E-state index in [0.717, 1.165) is 19.2 Å². The second-order valence-electron chi connectivity index (χ2n) is 4.39. The van der Waals surface area contributed by atoms with Gasteiger partial charge in [0, 0.05) is 5.56 Å². The van der Waals surface area contributed by atoms with Gasteiger partial charge in [0.1, 0.15) is 0 Å². The zero-order chi connectivity index (χ0) is 15.1. The first-order valence-electron chi connectivity index (χ1n) is 5.57. The molecule has 0 spiro atoms. The van der Waals surface area contributed by atoms with Gasteiger partial charge in [-0.05, 0) is 18.9 Å². The van der Waals surface area contributed by atoms with E-state index in [1.54, 1.807) is 0 Å². The van der Waals surface area contributed by atoms with Crippen molar-refractivity contribution in [3.05, 3.63) is 23.5 Å². The van der Waals surface area contributed by atoms with Crippen LogP contribution in [0.2, 0.25) is 0 Å². The Hall–Kier alpha value is -1.99. The number of carboxylic acids is 1. The van der Waals surface area contributed by atoms with E-state index in [1.807, 2.05) is 0 Å². The molecule has 0 unspecified atom stereocenters. The lowest BCUT2D eigenvalue weighted by atomic mass is 9.94. The van der Waals surface area contributed by atoms with Crippen molar-refractivity contribution in [1.82, 2.24) is 0 Å².